The minimum Gasteiger partial charge on any atom is -0.325 e. The summed E-state index contributed by atoms with van der Waals surface area (Å²) in [5.41, 5.74) is 2.00. The minimum atomic E-state index is -1.08. The standard InChI is InChI=1S/C30H32Cl2F2N4O2/c1-29(2,3)15-23-30(4,20-13-10-17(31)14-22(20)33)24(19-6-5-7-21(32)25(19)34)26(37-23)28(40)36-18-11-8-16(9-12-18)27(39)38-35/h5-14,23-24,26,37H,15,35H2,1-4H3,(H,36,40)(H,38,39). The summed E-state index contributed by atoms with van der Waals surface area (Å²) < 4.78 is 31.4. The van der Waals surface area contributed by atoms with Gasteiger partial charge < -0.3 is 10.6 Å². The minimum absolute atomic E-state index is 0.0939. The quantitative estimate of drug-likeness (QED) is 0.154. The molecule has 1 heterocycles. The number of anilines is 1. The van der Waals surface area contributed by atoms with Crippen molar-refractivity contribution >= 4 is 40.7 Å². The van der Waals surface area contributed by atoms with Gasteiger partial charge in [-0.1, -0.05) is 69.1 Å². The molecule has 1 saturated heterocycles. The van der Waals surface area contributed by atoms with Crippen LogP contribution in [0.1, 0.15) is 61.5 Å². The van der Waals surface area contributed by atoms with Gasteiger partial charge in [0.1, 0.15) is 11.6 Å². The molecule has 0 saturated carbocycles. The first-order valence-electron chi connectivity index (χ1n) is 12.8. The fourth-order valence-electron chi connectivity index (χ4n) is 5.71. The van der Waals surface area contributed by atoms with Crippen LogP contribution in [0.25, 0.3) is 0 Å². The van der Waals surface area contributed by atoms with Crippen molar-refractivity contribution in [3.05, 3.63) is 99.0 Å². The molecule has 3 aromatic carbocycles. The molecular formula is C30H32Cl2F2N4O2. The van der Waals surface area contributed by atoms with E-state index >= 15 is 8.78 Å². The Hall–Kier alpha value is -3.04. The maximum atomic E-state index is 15.7. The normalized spacial score (nSPS) is 22.7. The van der Waals surface area contributed by atoms with E-state index in [0.717, 1.165) is 0 Å². The Labute approximate surface area is 242 Å². The molecule has 0 radical (unpaired) electrons. The first-order valence-corrected chi connectivity index (χ1v) is 13.6. The number of nitrogens with two attached hydrogens (primary N) is 1. The van der Waals surface area contributed by atoms with Crippen LogP contribution in [0.3, 0.4) is 0 Å². The second-order valence-corrected chi connectivity index (χ2v) is 12.4. The van der Waals surface area contributed by atoms with Crippen LogP contribution in [0.2, 0.25) is 10.0 Å². The van der Waals surface area contributed by atoms with E-state index in [1.165, 1.54) is 24.3 Å². The molecule has 10 heteroatoms. The topological polar surface area (TPSA) is 96.2 Å². The van der Waals surface area contributed by atoms with Gasteiger partial charge in [-0.25, -0.2) is 14.6 Å². The fraction of sp³-hybridized carbons (Fsp3) is 0.333. The number of carbonyl (C=O) groups excluding carboxylic acids is 2. The van der Waals surface area contributed by atoms with Gasteiger partial charge in [0.25, 0.3) is 5.91 Å². The van der Waals surface area contributed by atoms with E-state index in [1.54, 1.807) is 36.4 Å². The van der Waals surface area contributed by atoms with E-state index in [-0.39, 0.29) is 21.0 Å². The van der Waals surface area contributed by atoms with E-state index < -0.39 is 46.9 Å². The Kier molecular flexibility index (Phi) is 8.57. The lowest BCUT2D eigenvalue weighted by molar-refractivity contribution is -0.118. The van der Waals surface area contributed by atoms with Gasteiger partial charge in [0.2, 0.25) is 5.91 Å². The van der Waals surface area contributed by atoms with E-state index in [1.807, 2.05) is 6.92 Å². The summed E-state index contributed by atoms with van der Waals surface area (Å²) in [7, 11) is 0. The van der Waals surface area contributed by atoms with E-state index in [2.05, 4.69) is 36.8 Å². The second-order valence-electron chi connectivity index (χ2n) is 11.5. The highest BCUT2D eigenvalue weighted by Gasteiger charge is 2.57. The molecule has 0 bridgehead atoms. The Bertz CT molecular complexity index is 1430. The number of nitrogen functional groups attached to an aromatic ring is 1. The molecule has 3 aromatic rings. The predicted molar refractivity (Wildman–Crippen MR) is 154 cm³/mol. The number of halogens is 4. The van der Waals surface area contributed by atoms with Crippen LogP contribution in [0.4, 0.5) is 14.5 Å². The van der Waals surface area contributed by atoms with Crippen molar-refractivity contribution in [1.82, 2.24) is 10.7 Å². The van der Waals surface area contributed by atoms with Crippen LogP contribution >= 0.6 is 23.2 Å². The Morgan fingerprint density at radius 3 is 2.33 bits per heavy atom. The molecule has 1 fully saturated rings. The molecule has 1 aliphatic rings. The number of hydrazine groups is 1. The second kappa shape index (κ2) is 11.4. The fourth-order valence-corrected chi connectivity index (χ4v) is 6.05. The highest BCUT2D eigenvalue weighted by Crippen LogP contribution is 2.52. The van der Waals surface area contributed by atoms with Crippen LogP contribution < -0.4 is 21.9 Å². The van der Waals surface area contributed by atoms with Gasteiger partial charge in [-0.2, -0.15) is 0 Å². The Morgan fingerprint density at radius 2 is 1.73 bits per heavy atom. The van der Waals surface area contributed by atoms with Gasteiger partial charge in [0.05, 0.1) is 11.1 Å². The van der Waals surface area contributed by atoms with Crippen molar-refractivity contribution in [2.75, 3.05) is 5.32 Å². The molecule has 5 N–H and O–H groups in total. The van der Waals surface area contributed by atoms with Crippen LogP contribution in [0.15, 0.2) is 60.7 Å². The molecule has 40 heavy (non-hydrogen) atoms. The first kappa shape index (κ1) is 29.9. The van der Waals surface area contributed by atoms with Crippen molar-refractivity contribution < 1.29 is 18.4 Å². The molecule has 212 valence electrons. The van der Waals surface area contributed by atoms with Crippen LogP contribution in [0, 0.1) is 17.0 Å². The number of amides is 2. The largest absolute Gasteiger partial charge is 0.325 e. The van der Waals surface area contributed by atoms with Gasteiger partial charge in [-0.15, -0.1) is 0 Å². The third kappa shape index (κ3) is 5.86. The maximum absolute atomic E-state index is 15.7. The molecule has 1 aliphatic heterocycles. The lowest BCUT2D eigenvalue weighted by Crippen LogP contribution is -2.44. The van der Waals surface area contributed by atoms with E-state index in [4.69, 9.17) is 29.0 Å². The summed E-state index contributed by atoms with van der Waals surface area (Å²) in [4.78, 5) is 25.7. The zero-order chi connectivity index (χ0) is 29.4. The molecule has 4 atom stereocenters. The number of benzene rings is 3. The van der Waals surface area contributed by atoms with E-state index in [9.17, 15) is 9.59 Å². The zero-order valence-corrected chi connectivity index (χ0v) is 24.1. The summed E-state index contributed by atoms with van der Waals surface area (Å²) in [5, 5.41) is 6.43. The molecule has 0 aliphatic carbocycles. The van der Waals surface area contributed by atoms with Crippen LogP contribution in [0.5, 0.6) is 0 Å². The third-order valence-corrected chi connectivity index (χ3v) is 8.08. The maximum Gasteiger partial charge on any atom is 0.265 e. The summed E-state index contributed by atoms with van der Waals surface area (Å²) in [6, 6.07) is 13.8. The number of carbonyl (C=O) groups is 2. The van der Waals surface area contributed by atoms with Gasteiger partial charge >= 0.3 is 0 Å². The summed E-state index contributed by atoms with van der Waals surface area (Å²) >= 11 is 12.3. The van der Waals surface area contributed by atoms with Crippen LogP contribution in [-0.2, 0) is 10.2 Å². The first-order chi connectivity index (χ1) is 18.8. The van der Waals surface area contributed by atoms with Crippen molar-refractivity contribution in [3.8, 4) is 0 Å². The molecular weight excluding hydrogens is 557 g/mol. The van der Waals surface area contributed by atoms with Crippen molar-refractivity contribution in [1.29, 1.82) is 0 Å². The molecule has 6 nitrogen and oxygen atoms in total. The molecule has 4 unspecified atom stereocenters. The lowest BCUT2D eigenvalue weighted by Gasteiger charge is -2.40. The van der Waals surface area contributed by atoms with Gasteiger partial charge in [0, 0.05) is 33.6 Å². The van der Waals surface area contributed by atoms with Crippen molar-refractivity contribution in [2.24, 2.45) is 11.3 Å². The summed E-state index contributed by atoms with van der Waals surface area (Å²) in [6.45, 7) is 8.00. The molecule has 4 rings (SSSR count). The smallest absolute Gasteiger partial charge is 0.265 e. The highest BCUT2D eigenvalue weighted by atomic mass is 35.5. The average molecular weight is 590 g/mol. The summed E-state index contributed by atoms with van der Waals surface area (Å²) in [6.07, 6.45) is 0.553. The van der Waals surface area contributed by atoms with Gasteiger partial charge in [-0.05, 0) is 65.4 Å². The highest BCUT2D eigenvalue weighted by molar-refractivity contribution is 6.31. The molecule has 2 amide bonds. The monoisotopic (exact) mass is 588 g/mol. The lowest BCUT2D eigenvalue weighted by atomic mass is 9.63. The molecule has 0 aromatic heterocycles. The summed E-state index contributed by atoms with van der Waals surface area (Å²) in [5.74, 6) is 2.22. The number of rotatable bonds is 6. The Balaban J connectivity index is 1.85. The van der Waals surface area contributed by atoms with Crippen molar-refractivity contribution in [2.45, 2.75) is 57.5 Å². The number of nitrogens with one attached hydrogen (secondary N) is 3. The zero-order valence-electron chi connectivity index (χ0n) is 22.6. The van der Waals surface area contributed by atoms with E-state index in [0.29, 0.717) is 23.2 Å². The van der Waals surface area contributed by atoms with Gasteiger partial charge in [0.15, 0.2) is 0 Å². The van der Waals surface area contributed by atoms with Crippen molar-refractivity contribution in [3.63, 3.8) is 0 Å². The van der Waals surface area contributed by atoms with Crippen LogP contribution in [-0.4, -0.2) is 23.9 Å². The number of hydrogen-bond donors (Lipinski definition) is 4. The average Bonchev–Trinajstić information content (AvgIpc) is 3.16. The molecule has 0 spiro atoms. The van der Waals surface area contributed by atoms with Gasteiger partial charge in [-0.3, -0.25) is 15.0 Å². The SMILES string of the molecule is CC(C)(C)CC1NC(C(=O)Nc2ccc(C(=O)NN)cc2)C(c2cccc(Cl)c2F)C1(C)c1ccc(Cl)cc1F. The third-order valence-electron chi connectivity index (χ3n) is 7.56. The number of hydrogen-bond acceptors (Lipinski definition) is 4. The predicted octanol–water partition coefficient (Wildman–Crippen LogP) is 6.33. The Morgan fingerprint density at radius 1 is 1.05 bits per heavy atom.